The van der Waals surface area contributed by atoms with Crippen molar-refractivity contribution < 1.29 is 0 Å². The van der Waals surface area contributed by atoms with Crippen molar-refractivity contribution in [2.24, 2.45) is 0 Å². The standard InChI is InChI=1S/C34H20BN3S/c1-2-8-22(9-3-1)35-28-12-6-4-11-25(28)33-27-17-26-24-10-5-7-13-30(24)38(31(26)18-32(27)39-34(33)35)23-15-14-21-19-36-20-37-29(21)16-23/h1-20H. The summed E-state index contributed by atoms with van der Waals surface area (Å²) in [5, 5.41) is 4.94. The number of fused-ring (bicyclic) bond motifs is 9. The van der Waals surface area contributed by atoms with Crippen LogP contribution in [0, 0.1) is 0 Å². The molecule has 180 valence electrons. The monoisotopic (exact) mass is 513 g/mol. The number of hydrogen-bond donors (Lipinski definition) is 0. The highest BCUT2D eigenvalue weighted by Crippen LogP contribution is 2.41. The van der Waals surface area contributed by atoms with Crippen molar-refractivity contribution in [1.29, 1.82) is 0 Å². The highest BCUT2D eigenvalue weighted by molar-refractivity contribution is 7.33. The first kappa shape index (κ1) is 21.2. The number of hydrogen-bond acceptors (Lipinski definition) is 3. The minimum Gasteiger partial charge on any atom is -0.309 e. The summed E-state index contributed by atoms with van der Waals surface area (Å²) < 4.78 is 5.16. The van der Waals surface area contributed by atoms with E-state index in [0.717, 1.165) is 16.6 Å². The summed E-state index contributed by atoms with van der Waals surface area (Å²) in [5.74, 6) is 0. The molecule has 0 radical (unpaired) electrons. The molecule has 3 nitrogen and oxygen atoms in total. The number of nitrogens with zero attached hydrogens (tertiary/aromatic N) is 3. The molecule has 9 rings (SSSR count). The van der Waals surface area contributed by atoms with Crippen molar-refractivity contribution in [1.82, 2.24) is 14.5 Å². The number of thiophene rings is 1. The molecular weight excluding hydrogens is 493 g/mol. The maximum atomic E-state index is 4.53. The third-order valence-corrected chi connectivity index (χ3v) is 9.41. The molecule has 0 saturated carbocycles. The van der Waals surface area contributed by atoms with E-state index in [9.17, 15) is 0 Å². The molecule has 1 aliphatic rings. The molecule has 0 fully saturated rings. The van der Waals surface area contributed by atoms with E-state index in [4.69, 9.17) is 0 Å². The van der Waals surface area contributed by atoms with Gasteiger partial charge in [-0.2, -0.15) is 0 Å². The van der Waals surface area contributed by atoms with Gasteiger partial charge in [-0.1, -0.05) is 83.7 Å². The van der Waals surface area contributed by atoms with Crippen molar-refractivity contribution in [3.8, 4) is 16.8 Å². The normalized spacial score (nSPS) is 12.6. The van der Waals surface area contributed by atoms with E-state index in [0.29, 0.717) is 0 Å². The van der Waals surface area contributed by atoms with Crippen LogP contribution >= 0.6 is 11.3 Å². The van der Waals surface area contributed by atoms with Gasteiger partial charge >= 0.3 is 0 Å². The van der Waals surface area contributed by atoms with Crippen molar-refractivity contribution in [3.05, 3.63) is 122 Å². The zero-order valence-corrected chi connectivity index (χ0v) is 21.7. The summed E-state index contributed by atoms with van der Waals surface area (Å²) >= 11 is 1.94. The van der Waals surface area contributed by atoms with Gasteiger partial charge in [0.2, 0.25) is 0 Å². The first-order valence-corrected chi connectivity index (χ1v) is 14.0. The highest BCUT2D eigenvalue weighted by atomic mass is 32.1. The minimum atomic E-state index is 0.271. The lowest BCUT2D eigenvalue weighted by atomic mass is 9.42. The average molecular weight is 513 g/mol. The first-order chi connectivity index (χ1) is 19.3. The molecule has 0 bridgehead atoms. The molecule has 0 saturated heterocycles. The van der Waals surface area contributed by atoms with E-state index < -0.39 is 0 Å². The summed E-state index contributed by atoms with van der Waals surface area (Å²) in [6.45, 7) is 0.271. The van der Waals surface area contributed by atoms with E-state index in [1.807, 2.05) is 17.5 Å². The average Bonchev–Trinajstić information content (AvgIpc) is 3.62. The van der Waals surface area contributed by atoms with Crippen LogP contribution in [0.5, 0.6) is 0 Å². The van der Waals surface area contributed by atoms with Gasteiger partial charge in [-0.25, -0.2) is 9.97 Å². The number of para-hydroxylation sites is 1. The summed E-state index contributed by atoms with van der Waals surface area (Å²) in [5.41, 5.74) is 10.0. The fourth-order valence-corrected chi connectivity index (χ4v) is 7.91. The maximum Gasteiger partial charge on any atom is 0.255 e. The lowest BCUT2D eigenvalue weighted by Gasteiger charge is -2.10. The van der Waals surface area contributed by atoms with Gasteiger partial charge in [0.05, 0.1) is 16.6 Å². The van der Waals surface area contributed by atoms with Crippen LogP contribution in [0.4, 0.5) is 0 Å². The Morgan fingerprint density at radius 3 is 2.49 bits per heavy atom. The Morgan fingerprint density at radius 2 is 1.54 bits per heavy atom. The van der Waals surface area contributed by atoms with Gasteiger partial charge in [0.15, 0.2) is 0 Å². The van der Waals surface area contributed by atoms with Crippen LogP contribution < -0.4 is 15.7 Å². The topological polar surface area (TPSA) is 30.7 Å². The summed E-state index contributed by atoms with van der Waals surface area (Å²) in [6.07, 6.45) is 3.49. The summed E-state index contributed by atoms with van der Waals surface area (Å²) in [6, 6.07) is 39.9. The number of benzene rings is 5. The van der Waals surface area contributed by atoms with E-state index in [-0.39, 0.29) is 6.71 Å². The van der Waals surface area contributed by atoms with Crippen LogP contribution in [0.1, 0.15) is 0 Å². The Kier molecular flexibility index (Phi) is 4.29. The van der Waals surface area contributed by atoms with E-state index in [2.05, 4.69) is 124 Å². The second-order valence-corrected chi connectivity index (χ2v) is 11.3. The second-order valence-electron chi connectivity index (χ2n) is 10.3. The fraction of sp³-hybridized carbons (Fsp3) is 0. The lowest BCUT2D eigenvalue weighted by molar-refractivity contribution is 1.17. The maximum absolute atomic E-state index is 4.53. The zero-order valence-electron chi connectivity index (χ0n) is 20.9. The van der Waals surface area contributed by atoms with E-state index >= 15 is 0 Å². The summed E-state index contributed by atoms with van der Waals surface area (Å²) in [7, 11) is 0. The molecule has 3 aromatic heterocycles. The quantitative estimate of drug-likeness (QED) is 0.249. The van der Waals surface area contributed by atoms with Crippen LogP contribution in [-0.4, -0.2) is 21.2 Å². The molecule has 5 aromatic carbocycles. The van der Waals surface area contributed by atoms with Gasteiger partial charge in [-0.3, -0.25) is 0 Å². The van der Waals surface area contributed by atoms with Crippen LogP contribution in [0.2, 0.25) is 0 Å². The smallest absolute Gasteiger partial charge is 0.255 e. The third-order valence-electron chi connectivity index (χ3n) is 8.20. The van der Waals surface area contributed by atoms with E-state index in [1.165, 1.54) is 58.7 Å². The van der Waals surface area contributed by atoms with Crippen molar-refractivity contribution in [3.63, 3.8) is 0 Å². The molecule has 0 aliphatic carbocycles. The molecule has 0 spiro atoms. The summed E-state index contributed by atoms with van der Waals surface area (Å²) in [4.78, 5) is 8.72. The van der Waals surface area contributed by atoms with Gasteiger partial charge in [-0.15, -0.1) is 11.3 Å². The Labute approximate surface area is 229 Å². The molecule has 0 unspecified atom stereocenters. The molecule has 8 aromatic rings. The van der Waals surface area contributed by atoms with Gasteiger partial charge in [0.1, 0.15) is 6.33 Å². The lowest BCUT2D eigenvalue weighted by Crippen LogP contribution is -2.47. The van der Waals surface area contributed by atoms with Crippen LogP contribution in [0.3, 0.4) is 0 Å². The molecule has 39 heavy (non-hydrogen) atoms. The molecule has 4 heterocycles. The fourth-order valence-electron chi connectivity index (χ4n) is 6.53. The van der Waals surface area contributed by atoms with Crippen molar-refractivity contribution in [2.45, 2.75) is 0 Å². The first-order valence-electron chi connectivity index (χ1n) is 13.2. The highest BCUT2D eigenvalue weighted by Gasteiger charge is 2.36. The molecule has 0 N–H and O–H groups in total. The van der Waals surface area contributed by atoms with Crippen LogP contribution in [0.25, 0.3) is 59.6 Å². The van der Waals surface area contributed by atoms with Gasteiger partial charge in [-0.05, 0) is 52.3 Å². The Bertz CT molecular complexity index is 2250. The molecular formula is C34H20BN3S. The Morgan fingerprint density at radius 1 is 0.692 bits per heavy atom. The zero-order chi connectivity index (χ0) is 25.5. The van der Waals surface area contributed by atoms with Gasteiger partial charge in [0, 0.05) is 38.1 Å². The molecule has 1 aliphatic heterocycles. The number of aromatic nitrogens is 3. The van der Waals surface area contributed by atoms with Gasteiger partial charge in [0.25, 0.3) is 6.71 Å². The minimum absolute atomic E-state index is 0.271. The third kappa shape index (κ3) is 2.93. The van der Waals surface area contributed by atoms with Crippen LogP contribution in [-0.2, 0) is 0 Å². The predicted octanol–water partition coefficient (Wildman–Crippen LogP) is 6.44. The van der Waals surface area contributed by atoms with Gasteiger partial charge < -0.3 is 4.57 Å². The number of rotatable bonds is 2. The Hall–Kier alpha value is -4.74. The second kappa shape index (κ2) is 7.89. The molecule has 5 heteroatoms. The van der Waals surface area contributed by atoms with Crippen molar-refractivity contribution in [2.75, 3.05) is 0 Å². The predicted molar refractivity (Wildman–Crippen MR) is 166 cm³/mol. The van der Waals surface area contributed by atoms with Crippen molar-refractivity contribution >= 4 is 76.5 Å². The largest absolute Gasteiger partial charge is 0.309 e. The van der Waals surface area contributed by atoms with Crippen LogP contribution in [0.15, 0.2) is 122 Å². The van der Waals surface area contributed by atoms with E-state index in [1.54, 1.807) is 6.33 Å². The molecule has 0 atom stereocenters. The SMILES string of the molecule is c1ccc(B2c3ccccc3-c3c2sc2cc4c(cc32)c2ccccc2n4-c2ccc3cncnc3c2)cc1. The molecule has 0 amide bonds. The Balaban J connectivity index is 1.37.